The van der Waals surface area contributed by atoms with Crippen LogP contribution in [0.15, 0.2) is 24.3 Å². The van der Waals surface area contributed by atoms with Crippen molar-refractivity contribution >= 4 is 17.7 Å². The summed E-state index contributed by atoms with van der Waals surface area (Å²) in [6, 6.07) is 5.57. The van der Waals surface area contributed by atoms with Crippen LogP contribution < -0.4 is 5.32 Å². The van der Waals surface area contributed by atoms with Crippen LogP contribution >= 0.6 is 11.8 Å². The van der Waals surface area contributed by atoms with Crippen LogP contribution in [0.2, 0.25) is 0 Å². The van der Waals surface area contributed by atoms with E-state index in [9.17, 15) is 9.18 Å². The van der Waals surface area contributed by atoms with Gasteiger partial charge in [0.25, 0.3) is 0 Å². The summed E-state index contributed by atoms with van der Waals surface area (Å²) in [5.74, 6) is -0.386. The molecule has 0 saturated heterocycles. The number of carboxylic acid groups (broad SMARTS) is 1. The summed E-state index contributed by atoms with van der Waals surface area (Å²) in [6.07, 6.45) is 2.50. The third kappa shape index (κ3) is 5.19. The number of hydrogen-bond acceptors (Lipinski definition) is 3. The molecule has 0 spiro atoms. The molecule has 0 aliphatic rings. The number of carboxylic acids is 1. The van der Waals surface area contributed by atoms with Crippen molar-refractivity contribution in [2.24, 2.45) is 0 Å². The van der Waals surface area contributed by atoms with Crippen LogP contribution in [-0.4, -0.2) is 29.1 Å². The largest absolute Gasteiger partial charge is 0.480 e. The molecule has 0 aliphatic carbocycles. The number of aliphatic carboxylic acids is 1. The summed E-state index contributed by atoms with van der Waals surface area (Å²) in [4.78, 5) is 10.9. The van der Waals surface area contributed by atoms with Crippen LogP contribution in [0, 0.1) is 5.82 Å². The molecule has 0 radical (unpaired) electrons. The molecule has 0 amide bonds. The van der Waals surface area contributed by atoms with E-state index in [0.717, 1.165) is 11.3 Å². The van der Waals surface area contributed by atoms with Crippen molar-refractivity contribution in [1.82, 2.24) is 5.32 Å². The second kappa shape index (κ2) is 7.29. The maximum atomic E-state index is 12.9. The number of rotatable bonds is 7. The summed E-state index contributed by atoms with van der Waals surface area (Å²) in [6.45, 7) is 0.364. The SMILES string of the molecule is CSCCC(NCc1cccc(F)c1)C(=O)O. The highest BCUT2D eigenvalue weighted by atomic mass is 32.2. The van der Waals surface area contributed by atoms with E-state index in [1.165, 1.54) is 12.1 Å². The molecule has 0 fully saturated rings. The van der Waals surface area contributed by atoms with Gasteiger partial charge in [0.1, 0.15) is 11.9 Å². The van der Waals surface area contributed by atoms with Crippen LogP contribution in [0.4, 0.5) is 4.39 Å². The van der Waals surface area contributed by atoms with Gasteiger partial charge in [0.05, 0.1) is 0 Å². The van der Waals surface area contributed by atoms with Gasteiger partial charge >= 0.3 is 5.97 Å². The van der Waals surface area contributed by atoms with Crippen molar-refractivity contribution in [3.63, 3.8) is 0 Å². The Bertz CT molecular complexity index is 373. The Morgan fingerprint density at radius 2 is 2.35 bits per heavy atom. The minimum absolute atomic E-state index is 0.305. The number of hydrogen-bond donors (Lipinski definition) is 2. The van der Waals surface area contributed by atoms with E-state index in [0.29, 0.717) is 13.0 Å². The molecule has 1 rings (SSSR count). The summed E-state index contributed by atoms with van der Waals surface area (Å²) in [5.41, 5.74) is 0.750. The zero-order chi connectivity index (χ0) is 12.7. The lowest BCUT2D eigenvalue weighted by molar-refractivity contribution is -0.139. The van der Waals surface area contributed by atoms with Crippen molar-refractivity contribution in [3.05, 3.63) is 35.6 Å². The lowest BCUT2D eigenvalue weighted by atomic mass is 10.2. The first-order chi connectivity index (χ1) is 8.13. The standard InChI is InChI=1S/C12H16FNO2S/c1-17-6-5-11(12(15)16)14-8-9-3-2-4-10(13)7-9/h2-4,7,11,14H,5-6,8H2,1H3,(H,15,16). The number of nitrogens with one attached hydrogen (secondary N) is 1. The van der Waals surface area contributed by atoms with Gasteiger partial charge in [-0.15, -0.1) is 0 Å². The molecule has 1 aromatic rings. The fourth-order valence-corrected chi connectivity index (χ4v) is 1.91. The van der Waals surface area contributed by atoms with Gasteiger partial charge in [0.15, 0.2) is 0 Å². The minimum Gasteiger partial charge on any atom is -0.480 e. The molecule has 0 aliphatic heterocycles. The van der Waals surface area contributed by atoms with Crippen LogP contribution in [0.25, 0.3) is 0 Å². The lowest BCUT2D eigenvalue weighted by Crippen LogP contribution is -2.36. The lowest BCUT2D eigenvalue weighted by Gasteiger charge is -2.13. The van der Waals surface area contributed by atoms with Gasteiger partial charge in [-0.1, -0.05) is 12.1 Å². The van der Waals surface area contributed by atoms with Crippen LogP contribution in [0.3, 0.4) is 0 Å². The molecule has 0 bridgehead atoms. The van der Waals surface area contributed by atoms with Gasteiger partial charge in [0.2, 0.25) is 0 Å². The zero-order valence-electron chi connectivity index (χ0n) is 9.65. The smallest absolute Gasteiger partial charge is 0.320 e. The topological polar surface area (TPSA) is 49.3 Å². The van der Waals surface area contributed by atoms with Gasteiger partial charge in [-0.05, 0) is 36.1 Å². The Labute approximate surface area is 104 Å². The molecule has 0 heterocycles. The number of thioether (sulfide) groups is 1. The Morgan fingerprint density at radius 3 is 2.94 bits per heavy atom. The van der Waals surface area contributed by atoms with E-state index in [1.54, 1.807) is 23.9 Å². The highest BCUT2D eigenvalue weighted by Crippen LogP contribution is 2.05. The van der Waals surface area contributed by atoms with Crippen LogP contribution in [-0.2, 0) is 11.3 Å². The van der Waals surface area contributed by atoms with Gasteiger partial charge in [0, 0.05) is 6.54 Å². The monoisotopic (exact) mass is 257 g/mol. The molecule has 94 valence electrons. The van der Waals surface area contributed by atoms with E-state index in [2.05, 4.69) is 5.32 Å². The highest BCUT2D eigenvalue weighted by molar-refractivity contribution is 7.98. The van der Waals surface area contributed by atoms with Crippen molar-refractivity contribution < 1.29 is 14.3 Å². The van der Waals surface area contributed by atoms with Crippen LogP contribution in [0.1, 0.15) is 12.0 Å². The van der Waals surface area contributed by atoms with E-state index < -0.39 is 12.0 Å². The van der Waals surface area contributed by atoms with Gasteiger partial charge in [-0.25, -0.2) is 4.39 Å². The maximum absolute atomic E-state index is 12.9. The summed E-state index contributed by atoms with van der Waals surface area (Å²) in [7, 11) is 0. The summed E-state index contributed by atoms with van der Waals surface area (Å²) < 4.78 is 12.9. The summed E-state index contributed by atoms with van der Waals surface area (Å²) >= 11 is 1.61. The second-order valence-corrected chi connectivity index (χ2v) is 4.67. The van der Waals surface area contributed by atoms with Gasteiger partial charge in [-0.2, -0.15) is 11.8 Å². The van der Waals surface area contributed by atoms with Crippen molar-refractivity contribution in [2.45, 2.75) is 19.0 Å². The molecular weight excluding hydrogens is 241 g/mol. The third-order valence-electron chi connectivity index (χ3n) is 2.35. The predicted octanol–water partition coefficient (Wildman–Crippen LogP) is 2.12. The number of carbonyl (C=O) groups is 1. The molecule has 1 atom stereocenters. The maximum Gasteiger partial charge on any atom is 0.320 e. The van der Waals surface area contributed by atoms with Crippen molar-refractivity contribution in [2.75, 3.05) is 12.0 Å². The fraction of sp³-hybridized carbons (Fsp3) is 0.417. The molecule has 0 aromatic heterocycles. The first-order valence-electron chi connectivity index (χ1n) is 5.33. The average Bonchev–Trinajstić information content (AvgIpc) is 2.28. The molecule has 0 saturated carbocycles. The number of halogens is 1. The Morgan fingerprint density at radius 1 is 1.59 bits per heavy atom. The molecule has 17 heavy (non-hydrogen) atoms. The molecule has 2 N–H and O–H groups in total. The van der Waals surface area contributed by atoms with E-state index in [4.69, 9.17) is 5.11 Å². The molecule has 3 nitrogen and oxygen atoms in total. The molecule has 1 unspecified atom stereocenters. The van der Waals surface area contributed by atoms with E-state index in [1.807, 2.05) is 6.26 Å². The third-order valence-corrected chi connectivity index (χ3v) is 2.99. The Balaban J connectivity index is 2.48. The number of benzene rings is 1. The molecule has 5 heteroatoms. The quantitative estimate of drug-likeness (QED) is 0.785. The van der Waals surface area contributed by atoms with Crippen LogP contribution in [0.5, 0.6) is 0 Å². The van der Waals surface area contributed by atoms with Crippen molar-refractivity contribution in [1.29, 1.82) is 0 Å². The summed E-state index contributed by atoms with van der Waals surface area (Å²) in [5, 5.41) is 11.9. The zero-order valence-corrected chi connectivity index (χ0v) is 10.5. The molecule has 1 aromatic carbocycles. The molecular formula is C12H16FNO2S. The minimum atomic E-state index is -0.865. The predicted molar refractivity (Wildman–Crippen MR) is 67.7 cm³/mol. The Kier molecular flexibility index (Phi) is 6.00. The second-order valence-electron chi connectivity index (χ2n) is 3.68. The van der Waals surface area contributed by atoms with Gasteiger partial charge < -0.3 is 10.4 Å². The fourth-order valence-electron chi connectivity index (χ4n) is 1.44. The average molecular weight is 257 g/mol. The van der Waals surface area contributed by atoms with Gasteiger partial charge in [-0.3, -0.25) is 4.79 Å². The van der Waals surface area contributed by atoms with E-state index in [-0.39, 0.29) is 5.82 Å². The van der Waals surface area contributed by atoms with Crippen molar-refractivity contribution in [3.8, 4) is 0 Å². The highest BCUT2D eigenvalue weighted by Gasteiger charge is 2.15. The normalized spacial score (nSPS) is 12.4. The van der Waals surface area contributed by atoms with E-state index >= 15 is 0 Å². The first-order valence-corrected chi connectivity index (χ1v) is 6.72. The Hall–Kier alpha value is -1.07. The first kappa shape index (κ1) is 14.0.